The molecular formula is C32H38ClN3O4S. The van der Waals surface area contributed by atoms with Crippen molar-refractivity contribution < 1.29 is 18.0 Å². The summed E-state index contributed by atoms with van der Waals surface area (Å²) in [6.07, 6.45) is 4.39. The molecule has 1 N–H and O–H groups in total. The van der Waals surface area contributed by atoms with Gasteiger partial charge in [0.1, 0.15) is 12.6 Å². The second kappa shape index (κ2) is 13.5. The smallest absolute Gasteiger partial charge is 0.264 e. The standard InChI is InChI=1S/C32H38ClN3O4S/c1-4-30(32(38)34-27-12-5-6-13-27)35(21-25-11-7-9-23(2)19-25)31(37)22-36(28-14-8-10-24(3)20-28)41(39,40)29-17-15-26(33)16-18-29/h7-11,14-20,27,30H,4-6,12-13,21-22H2,1-3H3,(H,34,38). The third-order valence-electron chi connectivity index (χ3n) is 7.49. The van der Waals surface area contributed by atoms with Crippen molar-refractivity contribution in [2.75, 3.05) is 10.8 Å². The number of carbonyl (C=O) groups is 2. The van der Waals surface area contributed by atoms with E-state index < -0.39 is 28.5 Å². The zero-order valence-electron chi connectivity index (χ0n) is 23.8. The number of sulfonamides is 1. The molecule has 4 rings (SSSR count). The first-order chi connectivity index (χ1) is 19.6. The molecule has 1 aliphatic carbocycles. The Balaban J connectivity index is 1.71. The van der Waals surface area contributed by atoms with Crippen LogP contribution in [0.15, 0.2) is 77.7 Å². The Kier molecular flexibility index (Phi) is 10.1. The van der Waals surface area contributed by atoms with Crippen LogP contribution >= 0.6 is 11.6 Å². The molecule has 7 nitrogen and oxygen atoms in total. The fourth-order valence-electron chi connectivity index (χ4n) is 5.34. The van der Waals surface area contributed by atoms with Gasteiger partial charge in [-0.25, -0.2) is 8.42 Å². The summed E-state index contributed by atoms with van der Waals surface area (Å²) >= 11 is 6.03. The van der Waals surface area contributed by atoms with Gasteiger partial charge in [0.05, 0.1) is 10.6 Å². The predicted molar refractivity (Wildman–Crippen MR) is 163 cm³/mol. The van der Waals surface area contributed by atoms with Crippen LogP contribution in [0.3, 0.4) is 0 Å². The molecule has 3 aromatic rings. The van der Waals surface area contributed by atoms with Gasteiger partial charge in [-0.1, -0.05) is 73.3 Å². The second-order valence-corrected chi connectivity index (χ2v) is 13.0. The van der Waals surface area contributed by atoms with E-state index in [0.717, 1.165) is 46.7 Å². The summed E-state index contributed by atoms with van der Waals surface area (Å²) < 4.78 is 29.0. The van der Waals surface area contributed by atoms with Crippen molar-refractivity contribution in [1.82, 2.24) is 10.2 Å². The first-order valence-electron chi connectivity index (χ1n) is 14.1. The van der Waals surface area contributed by atoms with Crippen LogP contribution in [0.5, 0.6) is 0 Å². The van der Waals surface area contributed by atoms with Crippen molar-refractivity contribution in [1.29, 1.82) is 0 Å². The van der Waals surface area contributed by atoms with E-state index in [9.17, 15) is 18.0 Å². The molecule has 0 aromatic heterocycles. The zero-order chi connectivity index (χ0) is 29.6. The molecule has 0 bridgehead atoms. The fourth-order valence-corrected chi connectivity index (χ4v) is 6.87. The molecule has 9 heteroatoms. The molecule has 0 saturated heterocycles. The van der Waals surface area contributed by atoms with E-state index in [1.165, 1.54) is 29.2 Å². The Labute approximate surface area is 248 Å². The van der Waals surface area contributed by atoms with Crippen LogP contribution in [0.1, 0.15) is 55.7 Å². The van der Waals surface area contributed by atoms with E-state index in [1.54, 1.807) is 18.2 Å². The maximum atomic E-state index is 14.2. The fraction of sp³-hybridized carbons (Fsp3) is 0.375. The van der Waals surface area contributed by atoms with Crippen molar-refractivity contribution in [3.05, 3.63) is 94.5 Å². The number of halogens is 1. The molecule has 3 aromatic carbocycles. The minimum atomic E-state index is -4.14. The summed E-state index contributed by atoms with van der Waals surface area (Å²) in [6.45, 7) is 5.42. The van der Waals surface area contributed by atoms with Gasteiger partial charge in [0.2, 0.25) is 11.8 Å². The molecule has 218 valence electrons. The van der Waals surface area contributed by atoms with Crippen molar-refractivity contribution in [2.45, 2.75) is 76.4 Å². The number of anilines is 1. The SMILES string of the molecule is CCC(C(=O)NC1CCCC1)N(Cc1cccc(C)c1)C(=O)CN(c1cccc(C)c1)S(=O)(=O)c1ccc(Cl)cc1. The summed E-state index contributed by atoms with van der Waals surface area (Å²) in [5.41, 5.74) is 3.12. The topological polar surface area (TPSA) is 86.8 Å². The van der Waals surface area contributed by atoms with E-state index in [0.29, 0.717) is 17.1 Å². The highest BCUT2D eigenvalue weighted by molar-refractivity contribution is 7.92. The quantitative estimate of drug-likeness (QED) is 0.294. The minimum absolute atomic E-state index is 0.0208. The van der Waals surface area contributed by atoms with Gasteiger partial charge in [0, 0.05) is 17.6 Å². The number of benzene rings is 3. The molecule has 0 aliphatic heterocycles. The highest BCUT2D eigenvalue weighted by Gasteiger charge is 2.34. The van der Waals surface area contributed by atoms with E-state index in [4.69, 9.17) is 11.6 Å². The predicted octanol–water partition coefficient (Wildman–Crippen LogP) is 6.02. The first kappa shape index (κ1) is 30.6. The van der Waals surface area contributed by atoms with Gasteiger partial charge in [-0.3, -0.25) is 13.9 Å². The largest absolute Gasteiger partial charge is 0.352 e. The molecule has 0 spiro atoms. The molecule has 1 atom stereocenters. The van der Waals surface area contributed by atoms with E-state index in [2.05, 4.69) is 5.32 Å². The molecule has 2 amide bonds. The lowest BCUT2D eigenvalue weighted by Gasteiger charge is -2.34. The number of nitrogens with zero attached hydrogens (tertiary/aromatic N) is 2. The lowest BCUT2D eigenvalue weighted by molar-refractivity contribution is -0.140. The van der Waals surface area contributed by atoms with E-state index >= 15 is 0 Å². The molecular weight excluding hydrogens is 558 g/mol. The third-order valence-corrected chi connectivity index (χ3v) is 9.53. The van der Waals surface area contributed by atoms with Crippen LogP contribution in [0.4, 0.5) is 5.69 Å². The van der Waals surface area contributed by atoms with Gasteiger partial charge in [-0.05, 0) is 80.6 Å². The number of amides is 2. The van der Waals surface area contributed by atoms with Crippen LogP contribution in [-0.4, -0.2) is 43.8 Å². The van der Waals surface area contributed by atoms with E-state index in [1.807, 2.05) is 51.1 Å². The Bertz CT molecular complexity index is 1470. The van der Waals surface area contributed by atoms with Crippen LogP contribution in [0.25, 0.3) is 0 Å². The van der Waals surface area contributed by atoms with Crippen molar-refractivity contribution in [3.8, 4) is 0 Å². The summed E-state index contributed by atoms with van der Waals surface area (Å²) in [7, 11) is -4.14. The average Bonchev–Trinajstić information content (AvgIpc) is 3.44. The zero-order valence-corrected chi connectivity index (χ0v) is 25.4. The molecule has 41 heavy (non-hydrogen) atoms. The van der Waals surface area contributed by atoms with Crippen LogP contribution in [-0.2, 0) is 26.2 Å². The molecule has 1 unspecified atom stereocenters. The number of hydrogen-bond donors (Lipinski definition) is 1. The Morgan fingerprint density at radius 3 is 2.20 bits per heavy atom. The monoisotopic (exact) mass is 595 g/mol. The Morgan fingerprint density at radius 2 is 1.59 bits per heavy atom. The lowest BCUT2D eigenvalue weighted by atomic mass is 10.1. The molecule has 1 aliphatic rings. The molecule has 1 fully saturated rings. The average molecular weight is 596 g/mol. The van der Waals surface area contributed by atoms with Crippen LogP contribution in [0.2, 0.25) is 5.02 Å². The maximum Gasteiger partial charge on any atom is 0.264 e. The number of carbonyl (C=O) groups excluding carboxylic acids is 2. The maximum absolute atomic E-state index is 14.2. The number of aryl methyl sites for hydroxylation is 2. The van der Waals surface area contributed by atoms with Crippen LogP contribution in [0, 0.1) is 13.8 Å². The number of nitrogens with one attached hydrogen (secondary N) is 1. The second-order valence-electron chi connectivity index (χ2n) is 10.7. The third kappa shape index (κ3) is 7.68. The summed E-state index contributed by atoms with van der Waals surface area (Å²) in [5, 5.41) is 3.55. The minimum Gasteiger partial charge on any atom is -0.352 e. The van der Waals surface area contributed by atoms with Gasteiger partial charge in [0.25, 0.3) is 10.0 Å². The Morgan fingerprint density at radius 1 is 0.951 bits per heavy atom. The van der Waals surface area contributed by atoms with Gasteiger partial charge in [0.15, 0.2) is 0 Å². The normalized spacial score (nSPS) is 14.4. The van der Waals surface area contributed by atoms with E-state index in [-0.39, 0.29) is 23.4 Å². The summed E-state index contributed by atoms with van der Waals surface area (Å²) in [5.74, 6) is -0.665. The number of rotatable bonds is 11. The highest BCUT2D eigenvalue weighted by Crippen LogP contribution is 2.27. The summed E-state index contributed by atoms with van der Waals surface area (Å²) in [4.78, 5) is 29.3. The van der Waals surface area contributed by atoms with Gasteiger partial charge < -0.3 is 10.2 Å². The van der Waals surface area contributed by atoms with Gasteiger partial charge in [-0.2, -0.15) is 0 Å². The van der Waals surface area contributed by atoms with Crippen molar-refractivity contribution in [2.24, 2.45) is 0 Å². The molecule has 0 heterocycles. The van der Waals surface area contributed by atoms with Gasteiger partial charge in [-0.15, -0.1) is 0 Å². The molecule has 1 saturated carbocycles. The first-order valence-corrected chi connectivity index (χ1v) is 15.9. The van der Waals surface area contributed by atoms with Gasteiger partial charge >= 0.3 is 0 Å². The lowest BCUT2D eigenvalue weighted by Crippen LogP contribution is -2.53. The summed E-state index contributed by atoms with van der Waals surface area (Å²) in [6, 6.07) is 20.0. The Hall–Kier alpha value is -3.36. The molecule has 0 radical (unpaired) electrons. The highest BCUT2D eigenvalue weighted by atomic mass is 35.5. The van der Waals surface area contributed by atoms with Crippen LogP contribution < -0.4 is 9.62 Å². The van der Waals surface area contributed by atoms with Crippen molar-refractivity contribution >= 4 is 39.1 Å². The number of hydrogen-bond acceptors (Lipinski definition) is 4. The van der Waals surface area contributed by atoms with Crippen molar-refractivity contribution in [3.63, 3.8) is 0 Å².